The van der Waals surface area contributed by atoms with Gasteiger partial charge in [0, 0.05) is 29.2 Å². The summed E-state index contributed by atoms with van der Waals surface area (Å²) in [6.07, 6.45) is 9.77. The number of aliphatic hydroxyl groups excluding tert-OH is 1. The molecule has 1 aromatic heterocycles. The Morgan fingerprint density at radius 2 is 1.90 bits per heavy atom. The highest BCUT2D eigenvalue weighted by molar-refractivity contribution is 5.86. The fourth-order valence-electron chi connectivity index (χ4n) is 5.22. The standard InChI is InChI=1S/C27H32N2O/c1-19-12-22(20-6-3-2-4-7-20)15-23(13-19)21-9-10-27-24(14-21)16-25(28-27)17-29-11-5-8-26(29)18-30/h6,9-10,12-16,26,28,30H,2-5,7-8,11,17-18H2,1H3/t26-/m1/s1. The lowest BCUT2D eigenvalue weighted by Crippen LogP contribution is -2.31. The molecule has 2 aliphatic rings. The van der Waals surface area contributed by atoms with Crippen LogP contribution in [0.15, 0.2) is 48.5 Å². The van der Waals surface area contributed by atoms with Gasteiger partial charge in [-0.15, -0.1) is 0 Å². The van der Waals surface area contributed by atoms with Crippen LogP contribution in [0.5, 0.6) is 0 Å². The molecular weight excluding hydrogens is 368 g/mol. The first-order valence-corrected chi connectivity index (χ1v) is 11.5. The molecule has 1 aliphatic carbocycles. The Kier molecular flexibility index (Phi) is 5.49. The lowest BCUT2D eigenvalue weighted by atomic mass is 9.90. The fraction of sp³-hybridized carbons (Fsp3) is 0.407. The van der Waals surface area contributed by atoms with E-state index >= 15 is 0 Å². The molecule has 0 radical (unpaired) electrons. The number of aromatic amines is 1. The molecule has 0 bridgehead atoms. The lowest BCUT2D eigenvalue weighted by Gasteiger charge is -2.21. The molecule has 0 unspecified atom stereocenters. The van der Waals surface area contributed by atoms with Gasteiger partial charge in [-0.2, -0.15) is 0 Å². The molecule has 1 saturated heterocycles. The minimum absolute atomic E-state index is 0.260. The van der Waals surface area contributed by atoms with E-state index in [1.54, 1.807) is 0 Å². The molecule has 156 valence electrons. The van der Waals surface area contributed by atoms with Crippen LogP contribution in [-0.4, -0.2) is 34.2 Å². The van der Waals surface area contributed by atoms with Crippen LogP contribution >= 0.6 is 0 Å². The van der Waals surface area contributed by atoms with E-state index in [9.17, 15) is 5.11 Å². The molecule has 1 aliphatic heterocycles. The average molecular weight is 401 g/mol. The maximum atomic E-state index is 9.60. The molecule has 0 saturated carbocycles. The Balaban J connectivity index is 1.44. The summed E-state index contributed by atoms with van der Waals surface area (Å²) in [6.45, 7) is 4.43. The molecule has 1 atom stereocenters. The van der Waals surface area contributed by atoms with Crippen LogP contribution in [0, 0.1) is 6.92 Å². The zero-order valence-corrected chi connectivity index (χ0v) is 18.0. The maximum Gasteiger partial charge on any atom is 0.0587 e. The summed E-state index contributed by atoms with van der Waals surface area (Å²) in [5.74, 6) is 0. The number of aliphatic hydroxyl groups is 1. The van der Waals surface area contributed by atoms with Crippen LogP contribution in [0.1, 0.15) is 55.3 Å². The lowest BCUT2D eigenvalue weighted by molar-refractivity contribution is 0.152. The van der Waals surface area contributed by atoms with E-state index in [0.717, 1.165) is 19.5 Å². The van der Waals surface area contributed by atoms with Gasteiger partial charge in [-0.3, -0.25) is 4.90 Å². The van der Waals surface area contributed by atoms with Crippen LogP contribution in [0.2, 0.25) is 0 Å². The summed E-state index contributed by atoms with van der Waals surface area (Å²) in [5, 5.41) is 10.9. The molecule has 0 amide bonds. The number of likely N-dealkylation sites (tertiary alicyclic amines) is 1. The Hall–Kier alpha value is -2.36. The van der Waals surface area contributed by atoms with E-state index in [1.165, 1.54) is 76.5 Å². The summed E-state index contributed by atoms with van der Waals surface area (Å²) >= 11 is 0. The van der Waals surface area contributed by atoms with Crippen LogP contribution in [0.3, 0.4) is 0 Å². The first-order chi connectivity index (χ1) is 14.7. The van der Waals surface area contributed by atoms with Crippen molar-refractivity contribution < 1.29 is 5.11 Å². The molecule has 2 aromatic carbocycles. The predicted molar refractivity (Wildman–Crippen MR) is 125 cm³/mol. The number of nitrogens with one attached hydrogen (secondary N) is 1. The van der Waals surface area contributed by atoms with Gasteiger partial charge in [0.25, 0.3) is 0 Å². The highest BCUT2D eigenvalue weighted by Crippen LogP contribution is 2.32. The number of allylic oxidation sites excluding steroid dienone is 2. The Labute approximate surface area is 179 Å². The van der Waals surface area contributed by atoms with Gasteiger partial charge >= 0.3 is 0 Å². The van der Waals surface area contributed by atoms with E-state index in [0.29, 0.717) is 6.04 Å². The molecule has 3 aromatic rings. The number of aromatic nitrogens is 1. The van der Waals surface area contributed by atoms with Gasteiger partial charge in [-0.25, -0.2) is 0 Å². The normalized spacial score (nSPS) is 20.1. The summed E-state index contributed by atoms with van der Waals surface area (Å²) < 4.78 is 0. The van der Waals surface area contributed by atoms with E-state index in [4.69, 9.17) is 0 Å². The quantitative estimate of drug-likeness (QED) is 0.547. The monoisotopic (exact) mass is 400 g/mol. The number of hydrogen-bond donors (Lipinski definition) is 2. The second kappa shape index (κ2) is 8.41. The second-order valence-electron chi connectivity index (χ2n) is 9.11. The number of rotatable bonds is 5. The van der Waals surface area contributed by atoms with Gasteiger partial charge in [0.15, 0.2) is 0 Å². The van der Waals surface area contributed by atoms with E-state index in [-0.39, 0.29) is 6.61 Å². The third-order valence-electron chi connectivity index (χ3n) is 6.83. The Morgan fingerprint density at radius 1 is 1.00 bits per heavy atom. The number of hydrogen-bond acceptors (Lipinski definition) is 2. The molecule has 0 spiro atoms. The maximum absolute atomic E-state index is 9.60. The zero-order valence-electron chi connectivity index (χ0n) is 18.0. The fourth-order valence-corrected chi connectivity index (χ4v) is 5.22. The van der Waals surface area contributed by atoms with Gasteiger partial charge < -0.3 is 10.1 Å². The molecule has 30 heavy (non-hydrogen) atoms. The number of benzene rings is 2. The first kappa shape index (κ1) is 19.6. The van der Waals surface area contributed by atoms with Crippen LogP contribution in [-0.2, 0) is 6.54 Å². The highest BCUT2D eigenvalue weighted by atomic mass is 16.3. The van der Waals surface area contributed by atoms with Crippen molar-refractivity contribution in [1.82, 2.24) is 9.88 Å². The van der Waals surface area contributed by atoms with Crippen molar-refractivity contribution in [1.29, 1.82) is 0 Å². The van der Waals surface area contributed by atoms with E-state index < -0.39 is 0 Å². The van der Waals surface area contributed by atoms with Crippen molar-refractivity contribution in [3.05, 3.63) is 65.4 Å². The molecule has 2 N–H and O–H groups in total. The molecule has 3 nitrogen and oxygen atoms in total. The number of fused-ring (bicyclic) bond motifs is 1. The van der Waals surface area contributed by atoms with E-state index in [2.05, 4.69) is 65.3 Å². The van der Waals surface area contributed by atoms with Crippen molar-refractivity contribution in [2.45, 2.75) is 58.0 Å². The first-order valence-electron chi connectivity index (χ1n) is 11.5. The second-order valence-corrected chi connectivity index (χ2v) is 9.11. The van der Waals surface area contributed by atoms with Gasteiger partial charge in [0.2, 0.25) is 0 Å². The minimum Gasteiger partial charge on any atom is -0.395 e. The third kappa shape index (κ3) is 3.97. The van der Waals surface area contributed by atoms with Gasteiger partial charge in [-0.1, -0.05) is 24.3 Å². The van der Waals surface area contributed by atoms with E-state index in [1.807, 2.05) is 0 Å². The molecule has 5 rings (SSSR count). The molecule has 1 fully saturated rings. The van der Waals surface area contributed by atoms with Crippen LogP contribution in [0.4, 0.5) is 0 Å². The number of nitrogens with zero attached hydrogens (tertiary/aromatic N) is 1. The largest absolute Gasteiger partial charge is 0.395 e. The van der Waals surface area contributed by atoms with Crippen molar-refractivity contribution in [3.8, 4) is 11.1 Å². The average Bonchev–Trinajstić information content (AvgIpc) is 3.39. The molecule has 2 heterocycles. The summed E-state index contributed by atoms with van der Waals surface area (Å²) in [4.78, 5) is 5.99. The number of aryl methyl sites for hydroxylation is 1. The van der Waals surface area contributed by atoms with Crippen molar-refractivity contribution >= 4 is 16.5 Å². The smallest absolute Gasteiger partial charge is 0.0587 e. The predicted octanol–water partition coefficient (Wildman–Crippen LogP) is 6.06. The molecule has 3 heteroatoms. The summed E-state index contributed by atoms with van der Waals surface area (Å²) in [7, 11) is 0. The van der Waals surface area contributed by atoms with Crippen molar-refractivity contribution in [2.75, 3.05) is 13.2 Å². The number of H-pyrrole nitrogens is 1. The highest BCUT2D eigenvalue weighted by Gasteiger charge is 2.24. The third-order valence-corrected chi connectivity index (χ3v) is 6.83. The molecular formula is C27H32N2O. The summed E-state index contributed by atoms with van der Waals surface area (Å²) in [5.41, 5.74) is 9.25. The van der Waals surface area contributed by atoms with Crippen molar-refractivity contribution in [2.24, 2.45) is 0 Å². The van der Waals surface area contributed by atoms with Crippen LogP contribution < -0.4 is 0 Å². The SMILES string of the molecule is Cc1cc(C2=CCCCC2)cc(-c2ccc3[nH]c(CN4CCC[C@@H]4CO)cc3c2)c1. The Morgan fingerprint density at radius 3 is 2.73 bits per heavy atom. The summed E-state index contributed by atoms with van der Waals surface area (Å²) in [6, 6.07) is 16.4. The zero-order chi connectivity index (χ0) is 20.5. The topological polar surface area (TPSA) is 39.3 Å². The minimum atomic E-state index is 0.260. The van der Waals surface area contributed by atoms with Gasteiger partial charge in [-0.05, 0) is 104 Å². The Bertz CT molecular complexity index is 1080. The van der Waals surface area contributed by atoms with Gasteiger partial charge in [0.1, 0.15) is 0 Å². The van der Waals surface area contributed by atoms with Gasteiger partial charge in [0.05, 0.1) is 6.61 Å². The van der Waals surface area contributed by atoms with Crippen LogP contribution in [0.25, 0.3) is 27.6 Å². The van der Waals surface area contributed by atoms with Crippen molar-refractivity contribution in [3.63, 3.8) is 0 Å².